The average Bonchev–Trinajstić information content (AvgIpc) is 2.68. The Bertz CT molecular complexity index is 852. The molecular formula is C19H19Cl2N3O3. The molecule has 0 atom stereocenters. The van der Waals surface area contributed by atoms with E-state index in [0.29, 0.717) is 29.5 Å². The third-order valence-corrected chi connectivity index (χ3v) is 4.69. The molecule has 0 spiro atoms. The number of hydrogen-bond acceptors (Lipinski definition) is 5. The van der Waals surface area contributed by atoms with Crippen molar-refractivity contribution in [2.24, 2.45) is 5.10 Å². The molecule has 1 heterocycles. The maximum Gasteiger partial charge on any atom is 0.272 e. The van der Waals surface area contributed by atoms with Crippen LogP contribution in [-0.2, 0) is 4.74 Å². The van der Waals surface area contributed by atoms with Gasteiger partial charge in [-0.1, -0.05) is 23.2 Å². The van der Waals surface area contributed by atoms with E-state index in [0.717, 1.165) is 24.3 Å². The van der Waals surface area contributed by atoms with Gasteiger partial charge in [0.15, 0.2) is 0 Å². The van der Waals surface area contributed by atoms with Crippen LogP contribution in [0.25, 0.3) is 0 Å². The molecule has 27 heavy (non-hydrogen) atoms. The number of morpholine rings is 1. The third kappa shape index (κ3) is 4.91. The summed E-state index contributed by atoms with van der Waals surface area (Å²) >= 11 is 11.9. The molecule has 1 aliphatic heterocycles. The molecule has 0 bridgehead atoms. The summed E-state index contributed by atoms with van der Waals surface area (Å²) in [5, 5.41) is 4.73. The summed E-state index contributed by atoms with van der Waals surface area (Å²) in [5.74, 6) is 0.248. The minimum absolute atomic E-state index is 0.266. The summed E-state index contributed by atoms with van der Waals surface area (Å²) in [7, 11) is 1.60. The molecule has 3 rings (SSSR count). The van der Waals surface area contributed by atoms with Crippen molar-refractivity contribution in [3.8, 4) is 5.75 Å². The maximum absolute atomic E-state index is 12.2. The molecule has 0 radical (unpaired) electrons. The first kappa shape index (κ1) is 19.5. The molecule has 0 aromatic heterocycles. The van der Waals surface area contributed by atoms with Gasteiger partial charge in [-0.15, -0.1) is 0 Å². The van der Waals surface area contributed by atoms with E-state index >= 15 is 0 Å². The van der Waals surface area contributed by atoms with Gasteiger partial charge in [0, 0.05) is 35.4 Å². The molecule has 0 aliphatic carbocycles. The van der Waals surface area contributed by atoms with Crippen LogP contribution < -0.4 is 15.1 Å². The summed E-state index contributed by atoms with van der Waals surface area (Å²) in [5.41, 5.74) is 4.56. The normalized spacial score (nSPS) is 14.4. The summed E-state index contributed by atoms with van der Waals surface area (Å²) in [6.45, 7) is 3.11. The maximum atomic E-state index is 12.2. The fraction of sp³-hybridized carbons (Fsp3) is 0.263. The van der Waals surface area contributed by atoms with E-state index in [2.05, 4.69) is 15.4 Å². The van der Waals surface area contributed by atoms with Gasteiger partial charge in [0.2, 0.25) is 0 Å². The third-order valence-electron chi connectivity index (χ3n) is 4.14. The molecule has 1 aliphatic rings. The van der Waals surface area contributed by atoms with Crippen LogP contribution in [0.15, 0.2) is 41.5 Å². The Kier molecular flexibility index (Phi) is 6.55. The Morgan fingerprint density at radius 2 is 2.00 bits per heavy atom. The lowest BCUT2D eigenvalue weighted by Crippen LogP contribution is -2.36. The number of hydrogen-bond donors (Lipinski definition) is 1. The Morgan fingerprint density at radius 3 is 2.70 bits per heavy atom. The van der Waals surface area contributed by atoms with E-state index in [4.69, 9.17) is 32.7 Å². The van der Waals surface area contributed by atoms with Gasteiger partial charge in [-0.3, -0.25) is 4.79 Å². The second-order valence-electron chi connectivity index (χ2n) is 5.85. The zero-order valence-electron chi connectivity index (χ0n) is 14.7. The van der Waals surface area contributed by atoms with Crippen LogP contribution in [0.3, 0.4) is 0 Å². The number of amides is 1. The molecule has 6 nitrogen and oxygen atoms in total. The highest BCUT2D eigenvalue weighted by Gasteiger charge is 2.13. The number of halogens is 2. The van der Waals surface area contributed by atoms with E-state index in [1.165, 1.54) is 12.3 Å². The molecule has 1 N–H and O–H groups in total. The van der Waals surface area contributed by atoms with Crippen molar-refractivity contribution in [3.63, 3.8) is 0 Å². The fourth-order valence-electron chi connectivity index (χ4n) is 2.72. The average molecular weight is 408 g/mol. The number of rotatable bonds is 5. The van der Waals surface area contributed by atoms with Gasteiger partial charge in [0.05, 0.1) is 37.1 Å². The molecular weight excluding hydrogens is 389 g/mol. The predicted molar refractivity (Wildman–Crippen MR) is 108 cm³/mol. The highest BCUT2D eigenvalue weighted by molar-refractivity contribution is 6.36. The zero-order valence-corrected chi connectivity index (χ0v) is 16.3. The van der Waals surface area contributed by atoms with Gasteiger partial charge in [-0.25, -0.2) is 5.43 Å². The van der Waals surface area contributed by atoms with Gasteiger partial charge in [-0.2, -0.15) is 5.10 Å². The first-order valence-corrected chi connectivity index (χ1v) is 9.13. The van der Waals surface area contributed by atoms with Crippen LogP contribution in [0.5, 0.6) is 5.75 Å². The molecule has 2 aromatic carbocycles. The number of ether oxygens (including phenoxy) is 2. The van der Waals surface area contributed by atoms with Gasteiger partial charge in [0.1, 0.15) is 5.75 Å². The molecule has 0 saturated carbocycles. The predicted octanol–water partition coefficient (Wildman–Crippen LogP) is 3.60. The number of carbonyl (C=O) groups excluding carboxylic acids is 1. The molecule has 2 aromatic rings. The van der Waals surface area contributed by atoms with Crippen LogP contribution in [0.1, 0.15) is 15.9 Å². The van der Waals surface area contributed by atoms with Crippen molar-refractivity contribution in [2.75, 3.05) is 38.3 Å². The molecule has 142 valence electrons. The highest BCUT2D eigenvalue weighted by Crippen LogP contribution is 2.25. The number of hydrazone groups is 1. The van der Waals surface area contributed by atoms with Crippen molar-refractivity contribution in [2.45, 2.75) is 0 Å². The number of nitrogens with zero attached hydrogens (tertiary/aromatic N) is 2. The van der Waals surface area contributed by atoms with E-state index in [9.17, 15) is 4.79 Å². The number of anilines is 1. The van der Waals surface area contributed by atoms with Crippen LogP contribution >= 0.6 is 23.2 Å². The largest absolute Gasteiger partial charge is 0.496 e. The van der Waals surface area contributed by atoms with Crippen LogP contribution in [-0.4, -0.2) is 45.5 Å². The van der Waals surface area contributed by atoms with Crippen LogP contribution in [0.2, 0.25) is 10.0 Å². The zero-order chi connectivity index (χ0) is 19.2. The molecule has 1 saturated heterocycles. The standard InChI is InChI=1S/C19H19Cl2N3O3/c1-26-18-11-15(24-6-8-27-9-7-24)4-2-13(18)12-22-23-19(25)16-5-3-14(20)10-17(16)21/h2-5,10-12H,6-9H2,1H3,(H,23,25)/b22-12-. The first-order chi connectivity index (χ1) is 13.1. The topological polar surface area (TPSA) is 63.2 Å². The smallest absolute Gasteiger partial charge is 0.272 e. The summed E-state index contributed by atoms with van der Waals surface area (Å²) in [6.07, 6.45) is 1.53. The lowest BCUT2D eigenvalue weighted by molar-refractivity contribution is 0.0955. The Labute approximate surface area is 167 Å². The monoisotopic (exact) mass is 407 g/mol. The van der Waals surface area contributed by atoms with Crippen molar-refractivity contribution in [1.29, 1.82) is 0 Å². The summed E-state index contributed by atoms with van der Waals surface area (Å²) in [4.78, 5) is 14.4. The van der Waals surface area contributed by atoms with E-state index in [1.54, 1.807) is 19.2 Å². The minimum atomic E-state index is -0.420. The Hall–Kier alpha value is -2.28. The van der Waals surface area contributed by atoms with Crippen LogP contribution in [0, 0.1) is 0 Å². The van der Waals surface area contributed by atoms with E-state index < -0.39 is 5.91 Å². The second-order valence-corrected chi connectivity index (χ2v) is 6.69. The van der Waals surface area contributed by atoms with E-state index in [1.807, 2.05) is 18.2 Å². The molecule has 8 heteroatoms. The second kappa shape index (κ2) is 9.08. The number of benzene rings is 2. The van der Waals surface area contributed by atoms with Crippen LogP contribution in [0.4, 0.5) is 5.69 Å². The highest BCUT2D eigenvalue weighted by atomic mass is 35.5. The number of methoxy groups -OCH3 is 1. The summed E-state index contributed by atoms with van der Waals surface area (Å²) in [6, 6.07) is 10.5. The number of nitrogens with one attached hydrogen (secondary N) is 1. The Morgan fingerprint density at radius 1 is 1.22 bits per heavy atom. The molecule has 0 unspecified atom stereocenters. The lowest BCUT2D eigenvalue weighted by atomic mass is 10.1. The van der Waals surface area contributed by atoms with Gasteiger partial charge >= 0.3 is 0 Å². The fourth-order valence-corrected chi connectivity index (χ4v) is 3.21. The molecule has 1 amide bonds. The van der Waals surface area contributed by atoms with Crippen molar-refractivity contribution < 1.29 is 14.3 Å². The van der Waals surface area contributed by atoms with Gasteiger partial charge in [-0.05, 0) is 30.3 Å². The van der Waals surface area contributed by atoms with Crippen molar-refractivity contribution in [3.05, 3.63) is 57.6 Å². The Balaban J connectivity index is 1.69. The van der Waals surface area contributed by atoms with Gasteiger partial charge < -0.3 is 14.4 Å². The van der Waals surface area contributed by atoms with Crippen molar-refractivity contribution in [1.82, 2.24) is 5.43 Å². The quantitative estimate of drug-likeness (QED) is 0.607. The summed E-state index contributed by atoms with van der Waals surface area (Å²) < 4.78 is 10.8. The molecule has 1 fully saturated rings. The number of carbonyl (C=O) groups is 1. The minimum Gasteiger partial charge on any atom is -0.496 e. The van der Waals surface area contributed by atoms with Gasteiger partial charge in [0.25, 0.3) is 5.91 Å². The van der Waals surface area contributed by atoms with E-state index in [-0.39, 0.29) is 5.02 Å². The lowest BCUT2D eigenvalue weighted by Gasteiger charge is -2.29. The van der Waals surface area contributed by atoms with Crippen molar-refractivity contribution >= 4 is 41.0 Å². The first-order valence-electron chi connectivity index (χ1n) is 8.37. The SMILES string of the molecule is COc1cc(N2CCOCC2)ccc1/C=N\NC(=O)c1ccc(Cl)cc1Cl.